The highest BCUT2D eigenvalue weighted by molar-refractivity contribution is 5.97. The largest absolute Gasteiger partial charge is 0.455 e. The number of rotatable bonds is 4. The van der Waals surface area contributed by atoms with Gasteiger partial charge >= 0.3 is 0 Å². The summed E-state index contributed by atoms with van der Waals surface area (Å²) in [6.45, 7) is 0. The molecule has 6 rings (SSSR count). The number of aromatic nitrogens is 3. The number of pyridine rings is 3. The minimum atomic E-state index is -0.637. The van der Waals surface area contributed by atoms with Gasteiger partial charge in [0, 0.05) is 40.6 Å². The highest BCUT2D eigenvalue weighted by atomic mass is 19.1. The number of halogens is 2. The molecule has 1 aliphatic heterocycles. The summed E-state index contributed by atoms with van der Waals surface area (Å²) in [7, 11) is 0. The van der Waals surface area contributed by atoms with Crippen LogP contribution in [0.1, 0.15) is 28.2 Å². The minimum Gasteiger partial charge on any atom is -0.455 e. The first-order valence-corrected chi connectivity index (χ1v) is 11.5. The Hall–Kier alpha value is -4.98. The van der Waals surface area contributed by atoms with E-state index in [-0.39, 0.29) is 11.4 Å². The van der Waals surface area contributed by atoms with Gasteiger partial charge in [-0.05, 0) is 53.6 Å². The number of hydrogen-bond donors (Lipinski definition) is 2. The van der Waals surface area contributed by atoms with Crippen LogP contribution in [0.25, 0.3) is 22.4 Å². The van der Waals surface area contributed by atoms with Crippen LogP contribution >= 0.6 is 0 Å². The molecule has 0 unspecified atom stereocenters. The average Bonchev–Trinajstić information content (AvgIpc) is 2.92. The summed E-state index contributed by atoms with van der Waals surface area (Å²) in [6.07, 6.45) is 4.33. The van der Waals surface area contributed by atoms with E-state index >= 15 is 0 Å². The zero-order chi connectivity index (χ0) is 25.5. The zero-order valence-corrected chi connectivity index (χ0v) is 19.3. The molecular formula is C29H19F2N5O. The Labute approximate surface area is 211 Å². The van der Waals surface area contributed by atoms with Crippen molar-refractivity contribution in [3.63, 3.8) is 0 Å². The van der Waals surface area contributed by atoms with Crippen LogP contribution in [0, 0.1) is 17.3 Å². The van der Waals surface area contributed by atoms with Gasteiger partial charge in [-0.25, -0.2) is 9.97 Å². The lowest BCUT2D eigenvalue weighted by Crippen LogP contribution is -2.19. The first-order valence-electron chi connectivity index (χ1n) is 11.5. The van der Waals surface area contributed by atoms with Crippen molar-refractivity contribution in [3.8, 4) is 33.9 Å². The van der Waals surface area contributed by atoms with Gasteiger partial charge in [0.25, 0.3) is 0 Å². The molecule has 3 N–H and O–H groups in total. The molecule has 4 heterocycles. The lowest BCUT2D eigenvalue weighted by Gasteiger charge is -2.30. The molecule has 1 atom stereocenters. The fourth-order valence-electron chi connectivity index (χ4n) is 4.74. The predicted octanol–water partition coefficient (Wildman–Crippen LogP) is 6.05. The van der Waals surface area contributed by atoms with Gasteiger partial charge in [-0.3, -0.25) is 10.4 Å². The quantitative estimate of drug-likeness (QED) is 0.178. The zero-order valence-electron chi connectivity index (χ0n) is 19.3. The van der Waals surface area contributed by atoms with Gasteiger partial charge < -0.3 is 10.5 Å². The molecule has 0 saturated heterocycles. The van der Waals surface area contributed by atoms with Gasteiger partial charge in [0.05, 0.1) is 17.5 Å². The Bertz CT molecular complexity index is 1590. The number of nitrogens with two attached hydrogens (primary N) is 1. The molecule has 0 fully saturated rings. The molecule has 0 aliphatic carbocycles. The monoisotopic (exact) mass is 491 g/mol. The Morgan fingerprint density at radius 2 is 1.46 bits per heavy atom. The summed E-state index contributed by atoms with van der Waals surface area (Å²) in [5, 5.41) is 8.19. The molecule has 1 aliphatic rings. The van der Waals surface area contributed by atoms with Gasteiger partial charge in [-0.2, -0.15) is 8.78 Å². The van der Waals surface area contributed by atoms with E-state index in [1.54, 1.807) is 54.7 Å². The Balaban J connectivity index is 1.61. The molecular weight excluding hydrogens is 472 g/mol. The molecule has 0 spiro atoms. The van der Waals surface area contributed by atoms with Crippen molar-refractivity contribution >= 4 is 5.84 Å². The smallest absolute Gasteiger partial charge is 0.222 e. The normalized spacial score (nSPS) is 13.8. The van der Waals surface area contributed by atoms with Crippen molar-refractivity contribution in [3.05, 3.63) is 126 Å². The molecule has 3 aromatic heterocycles. The molecule has 8 heteroatoms. The third kappa shape index (κ3) is 3.88. The Morgan fingerprint density at radius 3 is 2.19 bits per heavy atom. The lowest BCUT2D eigenvalue weighted by molar-refractivity contribution is 0.450. The standard InChI is InChI=1S/C29H19F2N5O/c30-27-17(7-3-11-34-27)16-9-10-24-21(13-16)26(18-5-1-2-6-19(18)29(32)33)22-14-23(36-15-25(22)37-24)20-8-4-12-35-28(20)31/h1-15,26H,(H3,32,33)/t26-/m1/s1. The number of nitrogens with one attached hydrogen (secondary N) is 1. The average molecular weight is 492 g/mol. The second-order valence-electron chi connectivity index (χ2n) is 8.58. The van der Waals surface area contributed by atoms with Crippen molar-refractivity contribution in [2.75, 3.05) is 0 Å². The van der Waals surface area contributed by atoms with E-state index in [0.29, 0.717) is 39.4 Å². The number of benzene rings is 2. The van der Waals surface area contributed by atoms with Crippen molar-refractivity contribution in [1.29, 1.82) is 5.41 Å². The third-order valence-electron chi connectivity index (χ3n) is 6.42. The van der Waals surface area contributed by atoms with Crippen LogP contribution in [-0.4, -0.2) is 20.8 Å². The highest BCUT2D eigenvalue weighted by Gasteiger charge is 2.32. The van der Waals surface area contributed by atoms with Crippen molar-refractivity contribution in [2.24, 2.45) is 5.73 Å². The summed E-state index contributed by atoms with van der Waals surface area (Å²) >= 11 is 0. The SMILES string of the molecule is N=C(N)c1ccccc1[C@@H]1c2cc(-c3cccnc3F)ccc2Oc2cnc(-c3cccnc3F)cc21. The maximum Gasteiger partial charge on any atom is 0.222 e. The van der Waals surface area contributed by atoms with Crippen LogP contribution in [0.4, 0.5) is 8.78 Å². The highest BCUT2D eigenvalue weighted by Crippen LogP contribution is 2.49. The minimum absolute atomic E-state index is 0.0905. The molecule has 2 aromatic carbocycles. The number of nitrogens with zero attached hydrogens (tertiary/aromatic N) is 3. The number of ether oxygens (including phenoxy) is 1. The van der Waals surface area contributed by atoms with Crippen LogP contribution in [0.2, 0.25) is 0 Å². The van der Waals surface area contributed by atoms with E-state index in [9.17, 15) is 8.78 Å². The predicted molar refractivity (Wildman–Crippen MR) is 136 cm³/mol. The molecule has 180 valence electrons. The van der Waals surface area contributed by atoms with Gasteiger partial charge in [-0.1, -0.05) is 30.3 Å². The maximum absolute atomic E-state index is 14.6. The number of nitrogen functional groups attached to an aromatic ring is 1. The van der Waals surface area contributed by atoms with Crippen molar-refractivity contribution < 1.29 is 13.5 Å². The van der Waals surface area contributed by atoms with Gasteiger partial charge in [0.2, 0.25) is 11.9 Å². The maximum atomic E-state index is 14.6. The summed E-state index contributed by atoms with van der Waals surface area (Å²) < 4.78 is 35.3. The second kappa shape index (κ2) is 8.91. The molecule has 0 saturated carbocycles. The fourth-order valence-corrected chi connectivity index (χ4v) is 4.74. The topological polar surface area (TPSA) is 97.8 Å². The van der Waals surface area contributed by atoms with Crippen LogP contribution in [0.15, 0.2) is 91.4 Å². The fraction of sp³-hybridized carbons (Fsp3) is 0.0345. The summed E-state index contributed by atoms with van der Waals surface area (Å²) in [5.41, 5.74) is 10.3. The molecule has 0 bridgehead atoms. The van der Waals surface area contributed by atoms with E-state index < -0.39 is 17.8 Å². The van der Waals surface area contributed by atoms with Crippen LogP contribution < -0.4 is 10.5 Å². The van der Waals surface area contributed by atoms with E-state index in [1.807, 2.05) is 24.3 Å². The van der Waals surface area contributed by atoms with Crippen molar-refractivity contribution in [2.45, 2.75) is 5.92 Å². The number of hydrogen-bond acceptors (Lipinski definition) is 5. The number of amidine groups is 1. The van der Waals surface area contributed by atoms with Crippen LogP contribution in [0.3, 0.4) is 0 Å². The first kappa shape index (κ1) is 22.5. The van der Waals surface area contributed by atoms with Gasteiger partial charge in [0.1, 0.15) is 17.3 Å². The van der Waals surface area contributed by atoms with Gasteiger partial charge in [0.15, 0.2) is 0 Å². The van der Waals surface area contributed by atoms with Crippen LogP contribution in [0.5, 0.6) is 11.5 Å². The summed E-state index contributed by atoms with van der Waals surface area (Å²) in [6, 6.07) is 21.1. The summed E-state index contributed by atoms with van der Waals surface area (Å²) in [5.74, 6) is -0.719. The Kier molecular flexibility index (Phi) is 5.41. The van der Waals surface area contributed by atoms with E-state index in [0.717, 1.165) is 11.1 Å². The number of fused-ring (bicyclic) bond motifs is 2. The molecule has 0 amide bonds. The summed E-state index contributed by atoms with van der Waals surface area (Å²) in [4.78, 5) is 12.0. The van der Waals surface area contributed by atoms with E-state index in [4.69, 9.17) is 15.9 Å². The second-order valence-corrected chi connectivity index (χ2v) is 8.58. The van der Waals surface area contributed by atoms with Gasteiger partial charge in [-0.15, -0.1) is 0 Å². The molecule has 5 aromatic rings. The first-order chi connectivity index (χ1) is 18.0. The molecule has 37 heavy (non-hydrogen) atoms. The Morgan fingerprint density at radius 1 is 0.757 bits per heavy atom. The third-order valence-corrected chi connectivity index (χ3v) is 6.42. The van der Waals surface area contributed by atoms with Crippen LogP contribution in [-0.2, 0) is 0 Å². The molecule has 6 nitrogen and oxygen atoms in total. The molecule has 0 radical (unpaired) electrons. The van der Waals surface area contributed by atoms with E-state index in [1.165, 1.54) is 12.4 Å². The van der Waals surface area contributed by atoms with E-state index in [2.05, 4.69) is 15.0 Å². The lowest BCUT2D eigenvalue weighted by atomic mass is 9.79. The van der Waals surface area contributed by atoms with Crippen molar-refractivity contribution in [1.82, 2.24) is 15.0 Å².